The smallest absolute Gasteiger partial charge is 0.255 e. The topological polar surface area (TPSA) is 73.4 Å². The molecule has 8 heteroatoms. The number of halogens is 3. The summed E-state index contributed by atoms with van der Waals surface area (Å²) in [6.07, 6.45) is -2.40. The number of hydrogen-bond donors (Lipinski definition) is 2. The minimum atomic E-state index is -2.72. The molecule has 0 radical (unpaired) electrons. The first-order valence-corrected chi connectivity index (χ1v) is 6.24. The average Bonchev–Trinajstić information content (AvgIpc) is 2.29. The molecular formula is C11H13BrF2N2O3. The summed E-state index contributed by atoms with van der Waals surface area (Å²) in [5.74, 6) is -0.737. The van der Waals surface area contributed by atoms with Gasteiger partial charge in [-0.25, -0.2) is 8.78 Å². The van der Waals surface area contributed by atoms with Crippen LogP contribution in [-0.2, 0) is 0 Å². The van der Waals surface area contributed by atoms with Gasteiger partial charge in [-0.3, -0.25) is 9.59 Å². The Morgan fingerprint density at radius 2 is 2.16 bits per heavy atom. The zero-order valence-electron chi connectivity index (χ0n) is 10.1. The van der Waals surface area contributed by atoms with E-state index in [1.54, 1.807) is 0 Å². The van der Waals surface area contributed by atoms with Crippen molar-refractivity contribution >= 4 is 21.8 Å². The van der Waals surface area contributed by atoms with Gasteiger partial charge < -0.3 is 15.0 Å². The van der Waals surface area contributed by atoms with Crippen LogP contribution in [0.3, 0.4) is 0 Å². The Hall–Kier alpha value is -1.28. The second-order valence-corrected chi connectivity index (χ2v) is 4.86. The number of alkyl halides is 2. The van der Waals surface area contributed by atoms with Gasteiger partial charge >= 0.3 is 0 Å². The van der Waals surface area contributed by atoms with Crippen LogP contribution in [0.4, 0.5) is 8.78 Å². The van der Waals surface area contributed by atoms with Gasteiger partial charge in [0.05, 0.1) is 18.2 Å². The molecule has 1 rings (SSSR count). The standard InChI is InChI=1S/C11H13BrF2N2O3/c1-6(17)4-16(5-9(13)14)11(19)7-2-10(18)15-3-8(7)12/h2-3,6,9,17H,4-5H2,1H3,(H,15,18). The molecule has 106 valence electrons. The van der Waals surface area contributed by atoms with Gasteiger partial charge in [0.1, 0.15) is 0 Å². The predicted molar refractivity (Wildman–Crippen MR) is 68.4 cm³/mol. The summed E-state index contributed by atoms with van der Waals surface area (Å²) >= 11 is 3.06. The molecule has 0 saturated carbocycles. The van der Waals surface area contributed by atoms with Crippen LogP contribution in [0.15, 0.2) is 21.5 Å². The number of aliphatic hydroxyl groups excluding tert-OH is 1. The van der Waals surface area contributed by atoms with Crippen molar-refractivity contribution < 1.29 is 18.7 Å². The maximum atomic E-state index is 12.4. The van der Waals surface area contributed by atoms with Crippen LogP contribution in [0.2, 0.25) is 0 Å². The zero-order chi connectivity index (χ0) is 14.6. The molecule has 0 saturated heterocycles. The Morgan fingerprint density at radius 3 is 2.68 bits per heavy atom. The maximum Gasteiger partial charge on any atom is 0.255 e. The molecule has 0 aliphatic heterocycles. The fourth-order valence-corrected chi connectivity index (χ4v) is 1.91. The number of rotatable bonds is 5. The Balaban J connectivity index is 3.04. The molecular weight excluding hydrogens is 326 g/mol. The summed E-state index contributed by atoms with van der Waals surface area (Å²) in [4.78, 5) is 26.4. The van der Waals surface area contributed by atoms with Crippen LogP contribution in [0.1, 0.15) is 17.3 Å². The lowest BCUT2D eigenvalue weighted by Gasteiger charge is -2.24. The van der Waals surface area contributed by atoms with Gasteiger partial charge in [-0.15, -0.1) is 0 Å². The van der Waals surface area contributed by atoms with Gasteiger partial charge in [0.15, 0.2) is 0 Å². The van der Waals surface area contributed by atoms with E-state index >= 15 is 0 Å². The van der Waals surface area contributed by atoms with Crippen LogP contribution >= 0.6 is 15.9 Å². The third-order valence-corrected chi connectivity index (χ3v) is 2.89. The number of aliphatic hydroxyl groups is 1. The lowest BCUT2D eigenvalue weighted by Crippen LogP contribution is -2.40. The summed E-state index contributed by atoms with van der Waals surface area (Å²) in [6, 6.07) is 1.02. The highest BCUT2D eigenvalue weighted by molar-refractivity contribution is 9.10. The van der Waals surface area contributed by atoms with E-state index in [9.17, 15) is 23.5 Å². The van der Waals surface area contributed by atoms with E-state index < -0.39 is 30.5 Å². The number of pyridine rings is 1. The largest absolute Gasteiger partial charge is 0.392 e. The molecule has 1 aromatic heterocycles. The number of aromatic amines is 1. The first kappa shape index (κ1) is 15.8. The molecule has 2 N–H and O–H groups in total. The quantitative estimate of drug-likeness (QED) is 0.847. The fourth-order valence-electron chi connectivity index (χ4n) is 1.51. The predicted octanol–water partition coefficient (Wildman–Crippen LogP) is 1.23. The van der Waals surface area contributed by atoms with Crippen LogP contribution in [0, 0.1) is 0 Å². The molecule has 1 aromatic rings. The number of carbonyl (C=O) groups is 1. The van der Waals surface area contributed by atoms with Crippen molar-refractivity contribution in [2.75, 3.05) is 13.1 Å². The highest BCUT2D eigenvalue weighted by Crippen LogP contribution is 2.16. The molecule has 19 heavy (non-hydrogen) atoms. The normalized spacial score (nSPS) is 12.5. The summed E-state index contributed by atoms with van der Waals surface area (Å²) < 4.78 is 25.2. The van der Waals surface area contributed by atoms with Crippen LogP contribution < -0.4 is 5.56 Å². The van der Waals surface area contributed by atoms with E-state index in [1.165, 1.54) is 13.1 Å². The third-order valence-electron chi connectivity index (χ3n) is 2.23. The van der Waals surface area contributed by atoms with Gasteiger partial charge in [-0.1, -0.05) is 0 Å². The molecule has 0 bridgehead atoms. The van der Waals surface area contributed by atoms with Crippen LogP contribution in [0.25, 0.3) is 0 Å². The molecule has 1 unspecified atom stereocenters. The lowest BCUT2D eigenvalue weighted by molar-refractivity contribution is 0.0419. The number of amides is 1. The van der Waals surface area contributed by atoms with Gasteiger partial charge in [-0.2, -0.15) is 0 Å². The monoisotopic (exact) mass is 338 g/mol. The van der Waals surface area contributed by atoms with Crippen molar-refractivity contribution in [1.29, 1.82) is 0 Å². The van der Waals surface area contributed by atoms with Crippen molar-refractivity contribution in [3.05, 3.63) is 32.7 Å². The molecule has 0 aliphatic rings. The number of nitrogens with one attached hydrogen (secondary N) is 1. The van der Waals surface area contributed by atoms with Gasteiger partial charge in [0.2, 0.25) is 5.56 Å². The molecule has 1 heterocycles. The minimum Gasteiger partial charge on any atom is -0.392 e. The zero-order valence-corrected chi connectivity index (χ0v) is 11.7. The van der Waals surface area contributed by atoms with Crippen molar-refractivity contribution in [3.8, 4) is 0 Å². The molecule has 5 nitrogen and oxygen atoms in total. The van der Waals surface area contributed by atoms with Gasteiger partial charge in [0, 0.05) is 23.3 Å². The Labute approximate surface area is 116 Å². The van der Waals surface area contributed by atoms with Crippen LogP contribution in [0.5, 0.6) is 0 Å². The minimum absolute atomic E-state index is 0.0231. The Kier molecular flexibility index (Phi) is 5.61. The molecule has 0 aromatic carbocycles. The number of nitrogens with zero attached hydrogens (tertiary/aromatic N) is 1. The molecule has 1 atom stereocenters. The fraction of sp³-hybridized carbons (Fsp3) is 0.455. The lowest BCUT2D eigenvalue weighted by atomic mass is 10.2. The number of hydrogen-bond acceptors (Lipinski definition) is 3. The third kappa shape index (κ3) is 4.71. The highest BCUT2D eigenvalue weighted by atomic mass is 79.9. The van der Waals surface area contributed by atoms with E-state index in [2.05, 4.69) is 20.9 Å². The summed E-state index contributed by atoms with van der Waals surface area (Å²) in [5.41, 5.74) is -0.536. The number of carbonyl (C=O) groups excluding carboxylic acids is 1. The second-order valence-electron chi connectivity index (χ2n) is 4.01. The van der Waals surface area contributed by atoms with E-state index in [1.807, 2.05) is 0 Å². The molecule has 0 spiro atoms. The first-order valence-electron chi connectivity index (χ1n) is 5.45. The van der Waals surface area contributed by atoms with Crippen LogP contribution in [-0.4, -0.2) is 46.5 Å². The SMILES string of the molecule is CC(O)CN(CC(F)F)C(=O)c1cc(=O)[nH]cc1Br. The van der Waals surface area contributed by atoms with E-state index in [0.29, 0.717) is 4.47 Å². The Morgan fingerprint density at radius 1 is 1.53 bits per heavy atom. The summed E-state index contributed by atoms with van der Waals surface area (Å²) in [5, 5.41) is 9.24. The molecule has 0 aliphatic carbocycles. The number of H-pyrrole nitrogens is 1. The number of aromatic nitrogens is 1. The molecule has 1 amide bonds. The summed E-state index contributed by atoms with van der Waals surface area (Å²) in [7, 11) is 0. The van der Waals surface area contributed by atoms with Crippen molar-refractivity contribution in [2.45, 2.75) is 19.5 Å². The van der Waals surface area contributed by atoms with Crippen molar-refractivity contribution in [2.24, 2.45) is 0 Å². The van der Waals surface area contributed by atoms with Gasteiger partial charge in [0.25, 0.3) is 12.3 Å². The first-order chi connectivity index (χ1) is 8.81. The van der Waals surface area contributed by atoms with Crippen molar-refractivity contribution in [1.82, 2.24) is 9.88 Å². The molecule has 0 fully saturated rings. The van der Waals surface area contributed by atoms with Crippen molar-refractivity contribution in [3.63, 3.8) is 0 Å². The average molecular weight is 339 g/mol. The van der Waals surface area contributed by atoms with E-state index in [4.69, 9.17) is 0 Å². The highest BCUT2D eigenvalue weighted by Gasteiger charge is 2.23. The van der Waals surface area contributed by atoms with E-state index in [0.717, 1.165) is 11.0 Å². The summed E-state index contributed by atoms with van der Waals surface area (Å²) in [6.45, 7) is 0.351. The maximum absolute atomic E-state index is 12.4. The van der Waals surface area contributed by atoms with Gasteiger partial charge in [-0.05, 0) is 22.9 Å². The second kappa shape index (κ2) is 6.76. The Bertz CT molecular complexity index is 495. The van der Waals surface area contributed by atoms with E-state index in [-0.39, 0.29) is 12.1 Å².